The standard InChI is InChI=1S/C51H33N5/c1-3-11-34(12-4-1)49-54-50(35-13-5-2-6-14-35)56-51(55-49)46-32-44(38-17-7-15-36(27-38)40-21-23-47-42(29-40)19-9-25-52-47)31-45(33-46)39-18-8-16-37(28-39)41-22-24-48-43(30-41)20-10-26-53-48/h1-33H. The minimum Gasteiger partial charge on any atom is -0.256 e. The van der Waals surface area contributed by atoms with Gasteiger partial charge in [-0.15, -0.1) is 0 Å². The summed E-state index contributed by atoms with van der Waals surface area (Å²) < 4.78 is 0. The smallest absolute Gasteiger partial charge is 0.164 e. The van der Waals surface area contributed by atoms with E-state index in [1.54, 1.807) is 0 Å². The van der Waals surface area contributed by atoms with E-state index < -0.39 is 0 Å². The van der Waals surface area contributed by atoms with E-state index in [1.807, 2.05) is 85.2 Å². The van der Waals surface area contributed by atoms with E-state index in [0.717, 1.165) is 83.0 Å². The second-order valence-corrected chi connectivity index (χ2v) is 13.8. The largest absolute Gasteiger partial charge is 0.256 e. The first kappa shape index (κ1) is 33.0. The molecule has 3 heterocycles. The number of hydrogen-bond donors (Lipinski definition) is 0. The maximum atomic E-state index is 5.12. The topological polar surface area (TPSA) is 64.5 Å². The molecule has 3 aromatic heterocycles. The second-order valence-electron chi connectivity index (χ2n) is 13.8. The first-order chi connectivity index (χ1) is 27.7. The molecule has 262 valence electrons. The quantitative estimate of drug-likeness (QED) is 0.164. The van der Waals surface area contributed by atoms with Gasteiger partial charge in [-0.3, -0.25) is 9.97 Å². The first-order valence-electron chi connectivity index (χ1n) is 18.6. The van der Waals surface area contributed by atoms with Crippen LogP contribution in [-0.2, 0) is 0 Å². The molecule has 5 heteroatoms. The van der Waals surface area contributed by atoms with E-state index in [0.29, 0.717) is 17.5 Å². The van der Waals surface area contributed by atoms with Gasteiger partial charge < -0.3 is 0 Å². The third-order valence-electron chi connectivity index (χ3n) is 10.2. The van der Waals surface area contributed by atoms with Crippen molar-refractivity contribution in [2.45, 2.75) is 0 Å². The number of fused-ring (bicyclic) bond motifs is 2. The van der Waals surface area contributed by atoms with E-state index >= 15 is 0 Å². The van der Waals surface area contributed by atoms with Crippen LogP contribution in [-0.4, -0.2) is 24.9 Å². The maximum absolute atomic E-state index is 5.12. The predicted molar refractivity (Wildman–Crippen MR) is 228 cm³/mol. The van der Waals surface area contributed by atoms with Crippen molar-refractivity contribution in [3.8, 4) is 78.7 Å². The number of nitrogens with zero attached hydrogens (tertiary/aromatic N) is 5. The van der Waals surface area contributed by atoms with Crippen LogP contribution in [0.25, 0.3) is 100 Å². The Morgan fingerprint density at radius 1 is 0.232 bits per heavy atom. The summed E-state index contributed by atoms with van der Waals surface area (Å²) in [5.41, 5.74) is 13.6. The normalized spacial score (nSPS) is 11.2. The summed E-state index contributed by atoms with van der Waals surface area (Å²) in [5.74, 6) is 1.86. The van der Waals surface area contributed by atoms with E-state index in [9.17, 15) is 0 Å². The molecule has 0 atom stereocenters. The average molecular weight is 716 g/mol. The summed E-state index contributed by atoms with van der Waals surface area (Å²) in [7, 11) is 0. The molecule has 0 fully saturated rings. The van der Waals surface area contributed by atoms with Crippen molar-refractivity contribution in [2.75, 3.05) is 0 Å². The molecule has 10 aromatic rings. The predicted octanol–water partition coefficient (Wildman–Crippen LogP) is 12.6. The Bertz CT molecular complexity index is 2830. The van der Waals surface area contributed by atoms with Crippen molar-refractivity contribution in [3.63, 3.8) is 0 Å². The molecule has 0 saturated heterocycles. The van der Waals surface area contributed by atoms with Crippen LogP contribution in [0, 0.1) is 0 Å². The van der Waals surface area contributed by atoms with Gasteiger partial charge in [-0.1, -0.05) is 121 Å². The van der Waals surface area contributed by atoms with E-state index in [-0.39, 0.29) is 0 Å². The molecule has 7 aromatic carbocycles. The van der Waals surface area contributed by atoms with Crippen LogP contribution in [0.2, 0.25) is 0 Å². The monoisotopic (exact) mass is 715 g/mol. The molecule has 56 heavy (non-hydrogen) atoms. The molecule has 0 spiro atoms. The molecule has 0 aliphatic rings. The van der Waals surface area contributed by atoms with Crippen molar-refractivity contribution in [2.24, 2.45) is 0 Å². The summed E-state index contributed by atoms with van der Waals surface area (Å²) in [6.45, 7) is 0. The lowest BCUT2D eigenvalue weighted by atomic mass is 9.92. The molecular formula is C51H33N5. The Balaban J connectivity index is 1.15. The average Bonchev–Trinajstić information content (AvgIpc) is 3.29. The Hall–Kier alpha value is -7.63. The van der Waals surface area contributed by atoms with Crippen LogP contribution in [0.3, 0.4) is 0 Å². The van der Waals surface area contributed by atoms with Gasteiger partial charge in [-0.05, 0) is 111 Å². The molecular weight excluding hydrogens is 683 g/mol. The number of pyridine rings is 2. The highest BCUT2D eigenvalue weighted by molar-refractivity contribution is 5.88. The van der Waals surface area contributed by atoms with Crippen LogP contribution in [0.15, 0.2) is 200 Å². The molecule has 0 aliphatic heterocycles. The highest BCUT2D eigenvalue weighted by atomic mass is 15.0. The fourth-order valence-corrected chi connectivity index (χ4v) is 7.29. The van der Waals surface area contributed by atoms with Crippen LogP contribution in [0.1, 0.15) is 0 Å². The summed E-state index contributed by atoms with van der Waals surface area (Å²) in [6.07, 6.45) is 3.67. The number of benzene rings is 7. The lowest BCUT2D eigenvalue weighted by molar-refractivity contribution is 1.07. The lowest BCUT2D eigenvalue weighted by Crippen LogP contribution is -2.00. The summed E-state index contributed by atoms with van der Waals surface area (Å²) in [4.78, 5) is 24.3. The molecule has 10 rings (SSSR count). The molecule has 0 saturated carbocycles. The van der Waals surface area contributed by atoms with Gasteiger partial charge in [0.05, 0.1) is 11.0 Å². The van der Waals surface area contributed by atoms with E-state index in [1.165, 1.54) is 0 Å². The number of hydrogen-bond acceptors (Lipinski definition) is 5. The summed E-state index contributed by atoms with van der Waals surface area (Å²) >= 11 is 0. The van der Waals surface area contributed by atoms with Crippen LogP contribution in [0.4, 0.5) is 0 Å². The third kappa shape index (κ3) is 6.59. The molecule has 0 N–H and O–H groups in total. The Kier molecular flexibility index (Phi) is 8.43. The van der Waals surface area contributed by atoms with Crippen LogP contribution >= 0.6 is 0 Å². The van der Waals surface area contributed by atoms with Crippen molar-refractivity contribution in [3.05, 3.63) is 200 Å². The maximum Gasteiger partial charge on any atom is 0.164 e. The van der Waals surface area contributed by atoms with Crippen LogP contribution in [0.5, 0.6) is 0 Å². The van der Waals surface area contributed by atoms with Gasteiger partial charge >= 0.3 is 0 Å². The molecule has 0 unspecified atom stereocenters. The molecule has 5 nitrogen and oxygen atoms in total. The van der Waals surface area contributed by atoms with Gasteiger partial charge in [0.1, 0.15) is 0 Å². The van der Waals surface area contributed by atoms with Crippen LogP contribution < -0.4 is 0 Å². The zero-order valence-corrected chi connectivity index (χ0v) is 30.3. The molecule has 0 aliphatic carbocycles. The highest BCUT2D eigenvalue weighted by Gasteiger charge is 2.16. The zero-order chi connectivity index (χ0) is 37.3. The van der Waals surface area contributed by atoms with Gasteiger partial charge in [0.2, 0.25) is 0 Å². The van der Waals surface area contributed by atoms with E-state index in [4.69, 9.17) is 15.0 Å². The van der Waals surface area contributed by atoms with Crippen molar-refractivity contribution < 1.29 is 0 Å². The second kappa shape index (κ2) is 14.3. The molecule has 0 amide bonds. The van der Waals surface area contributed by atoms with Crippen molar-refractivity contribution in [1.29, 1.82) is 0 Å². The Labute approximate surface area is 324 Å². The minimum atomic E-state index is 0.608. The minimum absolute atomic E-state index is 0.608. The molecule has 0 radical (unpaired) electrons. The molecule has 0 bridgehead atoms. The summed E-state index contributed by atoms with van der Waals surface area (Å²) in [5, 5.41) is 2.22. The van der Waals surface area contributed by atoms with Gasteiger partial charge in [-0.25, -0.2) is 15.0 Å². The van der Waals surface area contributed by atoms with Crippen molar-refractivity contribution >= 4 is 21.8 Å². The Morgan fingerprint density at radius 2 is 0.589 bits per heavy atom. The fraction of sp³-hybridized carbons (Fsp3) is 0. The van der Waals surface area contributed by atoms with E-state index in [2.05, 4.69) is 125 Å². The summed E-state index contributed by atoms with van der Waals surface area (Å²) in [6, 6.07) is 65.4. The van der Waals surface area contributed by atoms with Gasteiger partial charge in [-0.2, -0.15) is 0 Å². The SMILES string of the molecule is c1ccc(-c2nc(-c3ccccc3)nc(-c3cc(-c4cccc(-c5ccc6ncccc6c5)c4)cc(-c4cccc(-c5ccc6ncccc6c5)c4)c3)n2)cc1. The van der Waals surface area contributed by atoms with Gasteiger partial charge in [0.15, 0.2) is 17.5 Å². The Morgan fingerprint density at radius 3 is 1.05 bits per heavy atom. The third-order valence-corrected chi connectivity index (χ3v) is 10.2. The number of rotatable bonds is 7. The highest BCUT2D eigenvalue weighted by Crippen LogP contribution is 2.36. The van der Waals surface area contributed by atoms with Gasteiger partial charge in [0, 0.05) is 39.9 Å². The van der Waals surface area contributed by atoms with Crippen molar-refractivity contribution in [1.82, 2.24) is 24.9 Å². The van der Waals surface area contributed by atoms with Gasteiger partial charge in [0.25, 0.3) is 0 Å². The first-order valence-corrected chi connectivity index (χ1v) is 18.6. The fourth-order valence-electron chi connectivity index (χ4n) is 7.29. The zero-order valence-electron chi connectivity index (χ0n) is 30.3. The number of aromatic nitrogens is 5. The lowest BCUT2D eigenvalue weighted by Gasteiger charge is -2.14.